The van der Waals surface area contributed by atoms with Crippen molar-refractivity contribution in [1.29, 1.82) is 0 Å². The second kappa shape index (κ2) is 10.0. The molecule has 3 amide bonds. The van der Waals surface area contributed by atoms with Gasteiger partial charge in [0.05, 0.1) is 18.8 Å². The van der Waals surface area contributed by atoms with E-state index in [4.69, 9.17) is 4.74 Å². The van der Waals surface area contributed by atoms with Crippen LogP contribution in [0.25, 0.3) is 11.5 Å². The van der Waals surface area contributed by atoms with Crippen molar-refractivity contribution in [2.24, 2.45) is 0 Å². The largest absolute Gasteiger partial charge is 0.378 e. The SMILES string of the molecule is CC(C)n1cnnc1-c1cccc(NC(=O)c2cc3c(cc2F)CCN(C(=O)N2CCOCC2)C3)n1. The van der Waals surface area contributed by atoms with Crippen LogP contribution in [0.4, 0.5) is 15.0 Å². The lowest BCUT2D eigenvalue weighted by atomic mass is 9.96. The third-order valence-corrected chi connectivity index (χ3v) is 6.45. The number of benzene rings is 1. The molecule has 4 heterocycles. The number of anilines is 1. The quantitative estimate of drug-likeness (QED) is 0.599. The fraction of sp³-hybridized carbons (Fsp3) is 0.400. The Morgan fingerprint density at radius 2 is 1.89 bits per heavy atom. The Labute approximate surface area is 208 Å². The topological polar surface area (TPSA) is 105 Å². The van der Waals surface area contributed by atoms with E-state index in [1.165, 1.54) is 12.1 Å². The van der Waals surface area contributed by atoms with Crippen LogP contribution in [0, 0.1) is 5.82 Å². The zero-order valence-corrected chi connectivity index (χ0v) is 20.3. The van der Waals surface area contributed by atoms with Crippen LogP contribution >= 0.6 is 0 Å². The number of carbonyl (C=O) groups is 2. The predicted molar refractivity (Wildman–Crippen MR) is 130 cm³/mol. The molecular formula is C25H28FN7O3. The standard InChI is InChI=1S/C25H28FN7O3/c1-16(2)33-15-27-30-23(33)21-4-3-5-22(28-21)29-24(34)19-12-18-14-32(7-6-17(18)13-20(19)26)25(35)31-8-10-36-11-9-31/h3-5,12-13,15-16H,6-11,14H2,1-2H3,(H,28,29,34). The molecule has 2 aliphatic rings. The summed E-state index contributed by atoms with van der Waals surface area (Å²) in [6, 6.07) is 8.17. The number of hydrogen-bond donors (Lipinski definition) is 1. The summed E-state index contributed by atoms with van der Waals surface area (Å²) in [5, 5.41) is 10.8. The normalized spacial score (nSPS) is 15.7. The van der Waals surface area contributed by atoms with Crippen LogP contribution in [-0.4, -0.2) is 74.3 Å². The van der Waals surface area contributed by atoms with Crippen molar-refractivity contribution in [1.82, 2.24) is 29.5 Å². The van der Waals surface area contributed by atoms with Gasteiger partial charge in [-0.15, -0.1) is 10.2 Å². The summed E-state index contributed by atoms with van der Waals surface area (Å²) in [5.41, 5.74) is 2.03. The number of aromatic nitrogens is 4. The third kappa shape index (κ3) is 4.78. The molecule has 2 aliphatic heterocycles. The molecule has 0 aliphatic carbocycles. The van der Waals surface area contributed by atoms with Gasteiger partial charge in [-0.3, -0.25) is 4.79 Å². The summed E-state index contributed by atoms with van der Waals surface area (Å²) in [7, 11) is 0. The molecule has 0 atom stereocenters. The molecule has 11 heteroatoms. The number of fused-ring (bicyclic) bond motifs is 1. The average molecular weight is 494 g/mol. The predicted octanol–water partition coefficient (Wildman–Crippen LogP) is 3.12. The highest BCUT2D eigenvalue weighted by Gasteiger charge is 2.28. The number of amides is 3. The highest BCUT2D eigenvalue weighted by Crippen LogP contribution is 2.25. The second-order valence-corrected chi connectivity index (χ2v) is 9.17. The number of carbonyl (C=O) groups excluding carboxylic acids is 2. The van der Waals surface area contributed by atoms with E-state index in [9.17, 15) is 14.0 Å². The Morgan fingerprint density at radius 1 is 1.08 bits per heavy atom. The van der Waals surface area contributed by atoms with Crippen molar-refractivity contribution in [2.45, 2.75) is 32.9 Å². The zero-order valence-electron chi connectivity index (χ0n) is 20.3. The van der Waals surface area contributed by atoms with Gasteiger partial charge in [-0.05, 0) is 55.7 Å². The lowest BCUT2D eigenvalue weighted by Crippen LogP contribution is -2.49. The molecule has 2 aromatic heterocycles. The first-order valence-corrected chi connectivity index (χ1v) is 12.0. The molecule has 0 unspecified atom stereocenters. The van der Waals surface area contributed by atoms with Crippen molar-refractivity contribution >= 4 is 17.8 Å². The summed E-state index contributed by atoms with van der Waals surface area (Å²) in [6.07, 6.45) is 2.16. The molecule has 3 aromatic rings. The van der Waals surface area contributed by atoms with Crippen molar-refractivity contribution in [3.8, 4) is 11.5 Å². The van der Waals surface area contributed by atoms with E-state index in [0.717, 1.165) is 11.1 Å². The molecule has 10 nitrogen and oxygen atoms in total. The van der Waals surface area contributed by atoms with E-state index in [1.54, 1.807) is 34.3 Å². The molecule has 5 rings (SSSR count). The molecule has 1 fully saturated rings. The molecule has 1 aromatic carbocycles. The second-order valence-electron chi connectivity index (χ2n) is 9.17. The first kappa shape index (κ1) is 23.9. The molecule has 1 saturated heterocycles. The number of hydrogen-bond acceptors (Lipinski definition) is 6. The van der Waals surface area contributed by atoms with Gasteiger partial charge in [0.1, 0.15) is 23.7 Å². The summed E-state index contributed by atoms with van der Waals surface area (Å²) < 4.78 is 22.1. The minimum Gasteiger partial charge on any atom is -0.378 e. The summed E-state index contributed by atoms with van der Waals surface area (Å²) >= 11 is 0. The third-order valence-electron chi connectivity index (χ3n) is 6.45. The molecule has 36 heavy (non-hydrogen) atoms. The van der Waals surface area contributed by atoms with Crippen LogP contribution in [0.3, 0.4) is 0 Å². The molecule has 0 bridgehead atoms. The molecule has 0 saturated carbocycles. The van der Waals surface area contributed by atoms with E-state index >= 15 is 0 Å². The molecule has 0 spiro atoms. The van der Waals surface area contributed by atoms with E-state index in [-0.39, 0.29) is 23.5 Å². The van der Waals surface area contributed by atoms with Gasteiger partial charge in [0.15, 0.2) is 5.82 Å². The van der Waals surface area contributed by atoms with Crippen LogP contribution in [0.15, 0.2) is 36.7 Å². The number of rotatable bonds is 4. The number of morpholine rings is 1. The lowest BCUT2D eigenvalue weighted by molar-refractivity contribution is 0.0421. The lowest BCUT2D eigenvalue weighted by Gasteiger charge is -2.35. The number of ether oxygens (including phenoxy) is 1. The van der Waals surface area contributed by atoms with Crippen molar-refractivity contribution in [2.75, 3.05) is 38.2 Å². The van der Waals surface area contributed by atoms with Crippen LogP contribution in [0.1, 0.15) is 41.4 Å². The average Bonchev–Trinajstić information content (AvgIpc) is 3.39. The summed E-state index contributed by atoms with van der Waals surface area (Å²) in [4.78, 5) is 33.9. The fourth-order valence-electron chi connectivity index (χ4n) is 4.49. The van der Waals surface area contributed by atoms with Gasteiger partial charge in [0.2, 0.25) is 0 Å². The number of pyridine rings is 1. The molecule has 0 radical (unpaired) electrons. The number of nitrogens with one attached hydrogen (secondary N) is 1. The maximum atomic E-state index is 14.9. The van der Waals surface area contributed by atoms with Gasteiger partial charge >= 0.3 is 6.03 Å². The van der Waals surface area contributed by atoms with Crippen molar-refractivity contribution < 1.29 is 18.7 Å². The Morgan fingerprint density at radius 3 is 2.67 bits per heavy atom. The highest BCUT2D eigenvalue weighted by molar-refractivity contribution is 6.04. The van der Waals surface area contributed by atoms with Gasteiger partial charge in [-0.1, -0.05) is 6.07 Å². The van der Waals surface area contributed by atoms with E-state index < -0.39 is 11.7 Å². The minimum atomic E-state index is -0.609. The van der Waals surface area contributed by atoms with E-state index in [0.29, 0.717) is 57.3 Å². The maximum Gasteiger partial charge on any atom is 0.320 e. The summed E-state index contributed by atoms with van der Waals surface area (Å²) in [5.74, 6) is -0.361. The van der Waals surface area contributed by atoms with Gasteiger partial charge in [0.25, 0.3) is 5.91 Å². The monoisotopic (exact) mass is 493 g/mol. The van der Waals surface area contributed by atoms with Crippen molar-refractivity contribution in [3.63, 3.8) is 0 Å². The zero-order chi connectivity index (χ0) is 25.2. The van der Waals surface area contributed by atoms with E-state index in [2.05, 4.69) is 20.5 Å². The Bertz CT molecular complexity index is 1290. The van der Waals surface area contributed by atoms with Crippen LogP contribution in [0.5, 0.6) is 0 Å². The van der Waals surface area contributed by atoms with E-state index in [1.807, 2.05) is 18.4 Å². The van der Waals surface area contributed by atoms with Crippen LogP contribution in [0.2, 0.25) is 0 Å². The molecular weight excluding hydrogens is 465 g/mol. The first-order valence-electron chi connectivity index (χ1n) is 12.0. The van der Waals surface area contributed by atoms with Gasteiger partial charge in [0, 0.05) is 32.2 Å². The Balaban J connectivity index is 1.34. The molecule has 188 valence electrons. The summed E-state index contributed by atoms with van der Waals surface area (Å²) in [6.45, 7) is 7.00. The maximum absolute atomic E-state index is 14.9. The smallest absolute Gasteiger partial charge is 0.320 e. The Kier molecular flexibility index (Phi) is 6.64. The highest BCUT2D eigenvalue weighted by atomic mass is 19.1. The van der Waals surface area contributed by atoms with Gasteiger partial charge in [-0.25, -0.2) is 14.2 Å². The van der Waals surface area contributed by atoms with Crippen LogP contribution in [-0.2, 0) is 17.7 Å². The van der Waals surface area contributed by atoms with Crippen molar-refractivity contribution in [3.05, 3.63) is 59.2 Å². The molecule has 1 N–H and O–H groups in total. The fourth-order valence-corrected chi connectivity index (χ4v) is 4.49. The van der Waals surface area contributed by atoms with Crippen LogP contribution < -0.4 is 5.32 Å². The number of urea groups is 1. The number of halogens is 1. The minimum absolute atomic E-state index is 0.0606. The van der Waals surface area contributed by atoms with Gasteiger partial charge < -0.3 is 24.4 Å². The number of nitrogens with zero attached hydrogens (tertiary/aromatic N) is 6. The van der Waals surface area contributed by atoms with Gasteiger partial charge in [-0.2, -0.15) is 0 Å². The first-order chi connectivity index (χ1) is 17.4. The Hall–Kier alpha value is -3.86.